The Morgan fingerprint density at radius 1 is 1.44 bits per heavy atom. The van der Waals surface area contributed by atoms with E-state index >= 15 is 0 Å². The second kappa shape index (κ2) is 5.82. The number of hydrogen-bond donors (Lipinski definition) is 2. The van der Waals surface area contributed by atoms with Crippen LogP contribution < -0.4 is 11.1 Å². The second-order valence-corrected chi connectivity index (χ2v) is 5.40. The number of nitrogens with zero attached hydrogens (tertiary/aromatic N) is 2. The predicted octanol–water partition coefficient (Wildman–Crippen LogP) is 3.25. The summed E-state index contributed by atoms with van der Waals surface area (Å²) in [5.74, 6) is 1.25. The summed E-state index contributed by atoms with van der Waals surface area (Å²) in [5.41, 5.74) is 7.92. The van der Waals surface area contributed by atoms with Crippen LogP contribution >= 0.6 is 11.5 Å². The Bertz CT molecular complexity index is 493. The van der Waals surface area contributed by atoms with E-state index in [4.69, 9.17) is 5.73 Å². The van der Waals surface area contributed by atoms with Gasteiger partial charge in [-0.2, -0.15) is 4.37 Å². The molecule has 5 heteroatoms. The van der Waals surface area contributed by atoms with Gasteiger partial charge < -0.3 is 11.1 Å². The molecule has 0 fully saturated rings. The van der Waals surface area contributed by atoms with Crippen LogP contribution in [0.25, 0.3) is 11.1 Å². The lowest BCUT2D eigenvalue weighted by Crippen LogP contribution is -2.04. The maximum Gasteiger partial charge on any atom is 0.147 e. The molecule has 0 aromatic carbocycles. The molecule has 0 bridgehead atoms. The highest BCUT2D eigenvalue weighted by atomic mass is 32.1. The number of anilines is 2. The molecule has 0 amide bonds. The number of aromatic nitrogens is 2. The van der Waals surface area contributed by atoms with Crippen LogP contribution in [-0.2, 0) is 0 Å². The molecule has 0 saturated heterocycles. The van der Waals surface area contributed by atoms with Crippen LogP contribution in [0.3, 0.4) is 0 Å². The topological polar surface area (TPSA) is 63.8 Å². The first kappa shape index (κ1) is 12.8. The molecular weight excluding hydrogens is 244 g/mol. The van der Waals surface area contributed by atoms with E-state index in [1.807, 2.05) is 18.3 Å². The highest BCUT2D eigenvalue weighted by molar-refractivity contribution is 7.11. The van der Waals surface area contributed by atoms with E-state index in [-0.39, 0.29) is 0 Å². The van der Waals surface area contributed by atoms with Crippen molar-refractivity contribution in [1.29, 1.82) is 0 Å². The molecule has 2 aromatic heterocycles. The van der Waals surface area contributed by atoms with Crippen molar-refractivity contribution in [1.82, 2.24) is 9.36 Å². The van der Waals surface area contributed by atoms with E-state index in [1.165, 1.54) is 11.5 Å². The highest BCUT2D eigenvalue weighted by Crippen LogP contribution is 2.36. The average molecular weight is 262 g/mol. The molecule has 96 valence electrons. The van der Waals surface area contributed by atoms with Crippen molar-refractivity contribution in [3.63, 3.8) is 0 Å². The normalized spacial score (nSPS) is 10.8. The number of nitrogens with two attached hydrogens (primary N) is 1. The van der Waals surface area contributed by atoms with Gasteiger partial charge in [-0.3, -0.25) is 4.98 Å². The number of rotatable bonds is 5. The fraction of sp³-hybridized carbons (Fsp3) is 0.385. The van der Waals surface area contributed by atoms with Crippen molar-refractivity contribution < 1.29 is 0 Å². The Kier molecular flexibility index (Phi) is 4.15. The maximum absolute atomic E-state index is 5.94. The summed E-state index contributed by atoms with van der Waals surface area (Å²) < 4.78 is 4.22. The Morgan fingerprint density at radius 2 is 2.28 bits per heavy atom. The molecule has 0 aliphatic heterocycles. The van der Waals surface area contributed by atoms with Gasteiger partial charge in [-0.25, -0.2) is 0 Å². The third kappa shape index (κ3) is 2.98. The van der Waals surface area contributed by atoms with Crippen molar-refractivity contribution in [3.05, 3.63) is 24.5 Å². The summed E-state index contributed by atoms with van der Waals surface area (Å²) in [6, 6.07) is 3.91. The quantitative estimate of drug-likeness (QED) is 0.868. The van der Waals surface area contributed by atoms with Crippen molar-refractivity contribution >= 4 is 22.4 Å². The van der Waals surface area contributed by atoms with Crippen LogP contribution in [0.4, 0.5) is 10.8 Å². The zero-order valence-electron chi connectivity index (χ0n) is 10.7. The highest BCUT2D eigenvalue weighted by Gasteiger charge is 2.13. The molecule has 3 N–H and O–H groups in total. The van der Waals surface area contributed by atoms with Gasteiger partial charge in [0, 0.05) is 24.5 Å². The van der Waals surface area contributed by atoms with Crippen molar-refractivity contribution in [2.45, 2.75) is 20.3 Å². The standard InChI is InChI=1S/C13H18N4S/c1-9(2)5-7-16-13-11(12(14)17-18-13)10-4-3-6-15-8-10/h3-4,6,8-9,16H,5,7H2,1-2H3,(H2,14,17). The SMILES string of the molecule is CC(C)CCNc1snc(N)c1-c1cccnc1. The Morgan fingerprint density at radius 3 is 2.94 bits per heavy atom. The van der Waals surface area contributed by atoms with Gasteiger partial charge in [-0.15, -0.1) is 0 Å². The van der Waals surface area contributed by atoms with Crippen molar-refractivity contribution in [2.24, 2.45) is 5.92 Å². The predicted molar refractivity (Wildman–Crippen MR) is 77.7 cm³/mol. The zero-order valence-corrected chi connectivity index (χ0v) is 11.5. The minimum absolute atomic E-state index is 0.569. The van der Waals surface area contributed by atoms with Crippen LogP contribution in [0.1, 0.15) is 20.3 Å². The van der Waals surface area contributed by atoms with Gasteiger partial charge in [-0.05, 0) is 29.9 Å². The monoisotopic (exact) mass is 262 g/mol. The first-order valence-corrected chi connectivity index (χ1v) is 6.85. The molecule has 0 radical (unpaired) electrons. The van der Waals surface area contributed by atoms with Gasteiger partial charge in [0.15, 0.2) is 0 Å². The molecule has 0 aliphatic rings. The Balaban J connectivity index is 2.17. The van der Waals surface area contributed by atoms with Gasteiger partial charge in [-0.1, -0.05) is 19.9 Å². The van der Waals surface area contributed by atoms with E-state index < -0.39 is 0 Å². The van der Waals surface area contributed by atoms with E-state index in [0.717, 1.165) is 29.1 Å². The second-order valence-electron chi connectivity index (χ2n) is 4.62. The first-order chi connectivity index (χ1) is 8.68. The molecule has 2 aromatic rings. The molecular formula is C13H18N4S. The van der Waals surface area contributed by atoms with E-state index in [0.29, 0.717) is 11.7 Å². The minimum atomic E-state index is 0.569. The van der Waals surface area contributed by atoms with Crippen LogP contribution in [0.15, 0.2) is 24.5 Å². The summed E-state index contributed by atoms with van der Waals surface area (Å²) in [5, 5.41) is 4.44. The summed E-state index contributed by atoms with van der Waals surface area (Å²) in [4.78, 5) is 4.12. The third-order valence-corrected chi connectivity index (χ3v) is 3.49. The zero-order chi connectivity index (χ0) is 13.0. The smallest absolute Gasteiger partial charge is 0.147 e. The van der Waals surface area contributed by atoms with E-state index in [2.05, 4.69) is 28.5 Å². The number of nitrogens with one attached hydrogen (secondary N) is 1. The average Bonchev–Trinajstić information content (AvgIpc) is 2.71. The number of nitrogen functional groups attached to an aromatic ring is 1. The lowest BCUT2D eigenvalue weighted by atomic mass is 10.1. The van der Waals surface area contributed by atoms with Crippen LogP contribution in [0.5, 0.6) is 0 Å². The van der Waals surface area contributed by atoms with Crippen molar-refractivity contribution in [2.75, 3.05) is 17.6 Å². The molecule has 18 heavy (non-hydrogen) atoms. The molecule has 2 heterocycles. The maximum atomic E-state index is 5.94. The Hall–Kier alpha value is -1.62. The third-order valence-electron chi connectivity index (χ3n) is 2.68. The van der Waals surface area contributed by atoms with Gasteiger partial charge in [0.2, 0.25) is 0 Å². The van der Waals surface area contributed by atoms with Gasteiger partial charge in [0.05, 0.1) is 5.56 Å². The van der Waals surface area contributed by atoms with Gasteiger partial charge in [0.25, 0.3) is 0 Å². The summed E-state index contributed by atoms with van der Waals surface area (Å²) in [7, 11) is 0. The lowest BCUT2D eigenvalue weighted by molar-refractivity contribution is 0.608. The molecule has 0 aliphatic carbocycles. The van der Waals surface area contributed by atoms with Crippen LogP contribution in [0, 0.1) is 5.92 Å². The first-order valence-electron chi connectivity index (χ1n) is 6.08. The van der Waals surface area contributed by atoms with E-state index in [9.17, 15) is 0 Å². The van der Waals surface area contributed by atoms with Crippen molar-refractivity contribution in [3.8, 4) is 11.1 Å². The molecule has 0 unspecified atom stereocenters. The fourth-order valence-corrected chi connectivity index (χ4v) is 2.45. The molecule has 4 nitrogen and oxygen atoms in total. The molecule has 0 saturated carbocycles. The minimum Gasteiger partial charge on any atom is -0.382 e. The Labute approximate surface area is 111 Å². The summed E-state index contributed by atoms with van der Waals surface area (Å²) in [6.07, 6.45) is 4.70. The molecule has 2 rings (SSSR count). The van der Waals surface area contributed by atoms with Gasteiger partial charge >= 0.3 is 0 Å². The largest absolute Gasteiger partial charge is 0.382 e. The number of pyridine rings is 1. The lowest BCUT2D eigenvalue weighted by Gasteiger charge is -2.08. The number of hydrogen-bond acceptors (Lipinski definition) is 5. The molecule has 0 spiro atoms. The van der Waals surface area contributed by atoms with Gasteiger partial charge in [0.1, 0.15) is 10.8 Å². The van der Waals surface area contributed by atoms with E-state index in [1.54, 1.807) is 6.20 Å². The summed E-state index contributed by atoms with van der Waals surface area (Å²) >= 11 is 1.41. The van der Waals surface area contributed by atoms with Crippen LogP contribution in [0.2, 0.25) is 0 Å². The summed E-state index contributed by atoms with van der Waals surface area (Å²) in [6.45, 7) is 5.36. The van der Waals surface area contributed by atoms with Crippen LogP contribution in [-0.4, -0.2) is 15.9 Å². The molecule has 0 atom stereocenters. The fourth-order valence-electron chi connectivity index (χ4n) is 1.69.